The topological polar surface area (TPSA) is 70.1 Å². The zero-order chi connectivity index (χ0) is 16.2. The number of morpholine rings is 1. The maximum atomic E-state index is 12.4. The Morgan fingerprint density at radius 3 is 2.68 bits per heavy atom. The van der Waals surface area contributed by atoms with E-state index >= 15 is 0 Å². The molecule has 1 unspecified atom stereocenters. The molecule has 0 radical (unpaired) electrons. The molecule has 0 aliphatic carbocycles. The molecule has 1 aromatic carbocycles. The molecule has 6 heteroatoms. The van der Waals surface area contributed by atoms with Gasteiger partial charge in [0.05, 0.1) is 13.2 Å². The highest BCUT2D eigenvalue weighted by atomic mass is 16.5. The van der Waals surface area contributed by atoms with Crippen LogP contribution < -0.4 is 0 Å². The van der Waals surface area contributed by atoms with Crippen molar-refractivity contribution in [2.45, 2.75) is 18.9 Å². The molecule has 2 rings (SSSR count). The van der Waals surface area contributed by atoms with Gasteiger partial charge in [-0.2, -0.15) is 0 Å². The van der Waals surface area contributed by atoms with E-state index in [1.807, 2.05) is 30.3 Å². The fraction of sp³-hybridized carbons (Fsp3) is 0.500. The van der Waals surface area contributed by atoms with Crippen LogP contribution in [0.3, 0.4) is 0 Å². The lowest BCUT2D eigenvalue weighted by Crippen LogP contribution is -2.58. The molecule has 6 nitrogen and oxygen atoms in total. The number of hydrogen-bond donors (Lipinski definition) is 1. The monoisotopic (exact) mass is 306 g/mol. The number of amides is 2. The van der Waals surface area contributed by atoms with Crippen molar-refractivity contribution in [3.05, 3.63) is 35.9 Å². The van der Waals surface area contributed by atoms with Gasteiger partial charge in [-0.15, -0.1) is 0 Å². The predicted molar refractivity (Wildman–Crippen MR) is 81.7 cm³/mol. The van der Waals surface area contributed by atoms with Crippen molar-refractivity contribution in [1.29, 1.82) is 0 Å². The van der Waals surface area contributed by atoms with E-state index in [4.69, 9.17) is 4.74 Å². The molecule has 0 bridgehead atoms. The van der Waals surface area contributed by atoms with Crippen molar-refractivity contribution in [1.82, 2.24) is 9.80 Å². The van der Waals surface area contributed by atoms with Gasteiger partial charge in [0.2, 0.25) is 0 Å². The highest BCUT2D eigenvalue weighted by molar-refractivity contribution is 5.80. The third kappa shape index (κ3) is 3.76. The fourth-order valence-corrected chi connectivity index (χ4v) is 2.44. The molecule has 1 aliphatic heterocycles. The first-order valence-corrected chi connectivity index (χ1v) is 7.34. The Hall–Kier alpha value is -2.08. The maximum Gasteiger partial charge on any atom is 0.337 e. The summed E-state index contributed by atoms with van der Waals surface area (Å²) in [4.78, 5) is 26.9. The molecule has 1 aromatic rings. The van der Waals surface area contributed by atoms with E-state index in [1.54, 1.807) is 16.8 Å². The number of carboxylic acid groups (broad SMARTS) is 1. The van der Waals surface area contributed by atoms with Crippen LogP contribution in [0, 0.1) is 0 Å². The Kier molecular flexibility index (Phi) is 5.03. The molecule has 1 saturated heterocycles. The van der Waals surface area contributed by atoms with Gasteiger partial charge in [-0.25, -0.2) is 9.59 Å². The van der Waals surface area contributed by atoms with E-state index in [-0.39, 0.29) is 19.2 Å². The number of nitrogens with zero attached hydrogens (tertiary/aromatic N) is 2. The molecule has 1 atom stereocenters. The van der Waals surface area contributed by atoms with Crippen LogP contribution in [0.15, 0.2) is 30.3 Å². The van der Waals surface area contributed by atoms with Crippen LogP contribution in [0.1, 0.15) is 12.5 Å². The van der Waals surface area contributed by atoms with Crippen LogP contribution in [0.25, 0.3) is 0 Å². The summed E-state index contributed by atoms with van der Waals surface area (Å²) in [6.07, 6.45) is 0.767. The van der Waals surface area contributed by atoms with Gasteiger partial charge in [0.25, 0.3) is 0 Å². The number of carboxylic acids is 1. The normalized spacial score (nSPS) is 21.5. The van der Waals surface area contributed by atoms with Gasteiger partial charge in [-0.1, -0.05) is 30.3 Å². The molecule has 2 amide bonds. The van der Waals surface area contributed by atoms with Crippen LogP contribution in [0.4, 0.5) is 4.79 Å². The number of rotatable bonds is 4. The molecule has 0 aromatic heterocycles. The fourth-order valence-electron chi connectivity index (χ4n) is 2.44. The third-order valence-corrected chi connectivity index (χ3v) is 3.90. The summed E-state index contributed by atoms with van der Waals surface area (Å²) in [7, 11) is 1.73. The number of benzene rings is 1. The quantitative estimate of drug-likeness (QED) is 0.914. The minimum absolute atomic E-state index is 0.0663. The first-order chi connectivity index (χ1) is 10.4. The average molecular weight is 306 g/mol. The molecule has 0 saturated carbocycles. The average Bonchev–Trinajstić information content (AvgIpc) is 2.52. The van der Waals surface area contributed by atoms with E-state index in [9.17, 15) is 14.7 Å². The van der Waals surface area contributed by atoms with Gasteiger partial charge in [0.1, 0.15) is 0 Å². The van der Waals surface area contributed by atoms with Crippen LogP contribution in [0.2, 0.25) is 0 Å². The predicted octanol–water partition coefficient (Wildman–Crippen LogP) is 1.46. The Morgan fingerprint density at radius 2 is 2.05 bits per heavy atom. The zero-order valence-electron chi connectivity index (χ0n) is 13.0. The summed E-state index contributed by atoms with van der Waals surface area (Å²) in [5.74, 6) is -1.04. The molecular weight excluding hydrogens is 284 g/mol. The summed E-state index contributed by atoms with van der Waals surface area (Å²) < 4.78 is 5.30. The molecule has 0 spiro atoms. The molecule has 1 N–H and O–H groups in total. The van der Waals surface area contributed by atoms with Crippen molar-refractivity contribution in [2.24, 2.45) is 0 Å². The van der Waals surface area contributed by atoms with Crippen molar-refractivity contribution >= 4 is 12.0 Å². The molecular formula is C16H22N2O4. The number of carbonyl (C=O) groups excluding carboxylic acids is 1. The van der Waals surface area contributed by atoms with Crippen LogP contribution in [-0.2, 0) is 16.0 Å². The van der Waals surface area contributed by atoms with Crippen LogP contribution >= 0.6 is 0 Å². The Morgan fingerprint density at radius 1 is 1.36 bits per heavy atom. The number of urea groups is 1. The number of likely N-dealkylation sites (N-methyl/N-ethyl adjacent to an activating group) is 1. The molecule has 1 heterocycles. The second-order valence-corrected chi connectivity index (χ2v) is 5.75. The van der Waals surface area contributed by atoms with Gasteiger partial charge in [-0.3, -0.25) is 0 Å². The molecule has 1 aliphatic rings. The van der Waals surface area contributed by atoms with Gasteiger partial charge in [0.15, 0.2) is 5.60 Å². The van der Waals surface area contributed by atoms with E-state index in [2.05, 4.69) is 0 Å². The lowest BCUT2D eigenvalue weighted by atomic mass is 10.1. The highest BCUT2D eigenvalue weighted by Crippen LogP contribution is 2.19. The number of hydrogen-bond acceptors (Lipinski definition) is 3. The van der Waals surface area contributed by atoms with Crippen LogP contribution in [0.5, 0.6) is 0 Å². The van der Waals surface area contributed by atoms with Gasteiger partial charge in [-0.05, 0) is 18.9 Å². The third-order valence-electron chi connectivity index (χ3n) is 3.90. The number of carbonyl (C=O) groups is 2. The minimum atomic E-state index is -1.33. The van der Waals surface area contributed by atoms with Crippen LogP contribution in [-0.4, -0.2) is 65.8 Å². The molecule has 1 fully saturated rings. The van der Waals surface area contributed by atoms with Gasteiger partial charge >= 0.3 is 12.0 Å². The Labute approximate surface area is 130 Å². The van der Waals surface area contributed by atoms with Crippen molar-refractivity contribution in [3.63, 3.8) is 0 Å². The first kappa shape index (κ1) is 16.3. The number of aliphatic carboxylic acids is 1. The lowest BCUT2D eigenvalue weighted by molar-refractivity contribution is -0.172. The minimum Gasteiger partial charge on any atom is -0.479 e. The van der Waals surface area contributed by atoms with E-state index in [1.165, 1.54) is 12.5 Å². The summed E-state index contributed by atoms with van der Waals surface area (Å²) in [5, 5.41) is 9.21. The summed E-state index contributed by atoms with van der Waals surface area (Å²) >= 11 is 0. The Bertz CT molecular complexity index is 534. The summed E-state index contributed by atoms with van der Waals surface area (Å²) in [6, 6.07) is 9.78. The van der Waals surface area contributed by atoms with E-state index < -0.39 is 11.6 Å². The number of ether oxygens (including phenoxy) is 1. The lowest BCUT2D eigenvalue weighted by Gasteiger charge is -2.39. The summed E-state index contributed by atoms with van der Waals surface area (Å²) in [5.41, 5.74) is -0.159. The Balaban J connectivity index is 1.91. The molecule has 120 valence electrons. The largest absolute Gasteiger partial charge is 0.479 e. The van der Waals surface area contributed by atoms with E-state index in [0.717, 1.165) is 6.42 Å². The van der Waals surface area contributed by atoms with Crippen molar-refractivity contribution < 1.29 is 19.4 Å². The van der Waals surface area contributed by atoms with Crippen molar-refractivity contribution in [3.8, 4) is 0 Å². The maximum absolute atomic E-state index is 12.4. The molecule has 22 heavy (non-hydrogen) atoms. The standard InChI is InChI=1S/C16H22N2O4/c1-16(14(19)20)12-18(10-11-22-16)15(21)17(2)9-8-13-6-4-3-5-7-13/h3-7H,8-12H2,1-2H3,(H,19,20). The van der Waals surface area contributed by atoms with E-state index in [0.29, 0.717) is 13.1 Å². The SMILES string of the molecule is CN(CCc1ccccc1)C(=O)N1CCOC(C)(C(=O)O)C1. The second-order valence-electron chi connectivity index (χ2n) is 5.75. The first-order valence-electron chi connectivity index (χ1n) is 7.34. The smallest absolute Gasteiger partial charge is 0.337 e. The van der Waals surface area contributed by atoms with Crippen molar-refractivity contribution in [2.75, 3.05) is 33.3 Å². The second kappa shape index (κ2) is 6.79. The zero-order valence-corrected chi connectivity index (χ0v) is 13.0. The van der Waals surface area contributed by atoms with Gasteiger partial charge < -0.3 is 19.6 Å². The van der Waals surface area contributed by atoms with Gasteiger partial charge in [0, 0.05) is 20.1 Å². The summed E-state index contributed by atoms with van der Waals surface area (Å²) in [6.45, 7) is 2.80. The highest BCUT2D eigenvalue weighted by Gasteiger charge is 2.41.